The Hall–Kier alpha value is -9.96. The highest BCUT2D eigenvalue weighted by Gasteiger charge is 2.35. The number of fused-ring (bicyclic) bond motifs is 15. The second kappa shape index (κ2) is 17.0. The van der Waals surface area contributed by atoms with Gasteiger partial charge in [-0.25, -0.2) is 0 Å². The highest BCUT2D eigenvalue weighted by molar-refractivity contribution is 6.26. The van der Waals surface area contributed by atoms with Crippen LogP contribution in [0.4, 0.5) is 17.1 Å². The standard InChI is InChI=1S/C75H50N2O/c1-75(2)69-25-12-10-21-62(69)63-39-31-51(45-70(63)75)50-33-42-72-68(44-50)67-43-49(32-41-71(67)77(72)55-38-40-61-59-19-7-6-17-57(59)58-18-8-9-20-60(58)66(61)46-55)47-27-34-53(35-28-47)76(52-15-4-3-5-16-52)54-36-29-48(30-37-54)56-23-14-24-65-64-22-11-13-26-73(64)78-74(56)65/h3-46H,1-2H3. The predicted molar refractivity (Wildman–Crippen MR) is 329 cm³/mol. The molecule has 0 radical (unpaired) electrons. The summed E-state index contributed by atoms with van der Waals surface area (Å²) in [5.74, 6) is 0. The zero-order chi connectivity index (χ0) is 51.6. The summed E-state index contributed by atoms with van der Waals surface area (Å²) in [7, 11) is 0. The van der Waals surface area contributed by atoms with Crippen LogP contribution in [0.2, 0.25) is 0 Å². The number of benzene rings is 13. The van der Waals surface area contributed by atoms with Crippen LogP contribution in [0.25, 0.3) is 126 Å². The van der Waals surface area contributed by atoms with E-state index in [4.69, 9.17) is 4.42 Å². The minimum Gasteiger partial charge on any atom is -0.455 e. The lowest BCUT2D eigenvalue weighted by molar-refractivity contribution is 0.660. The topological polar surface area (TPSA) is 21.3 Å². The van der Waals surface area contributed by atoms with Gasteiger partial charge in [-0.3, -0.25) is 0 Å². The number of anilines is 3. The molecule has 2 aromatic heterocycles. The number of furan rings is 1. The smallest absolute Gasteiger partial charge is 0.143 e. The molecule has 1 aliphatic carbocycles. The van der Waals surface area contributed by atoms with Crippen LogP contribution < -0.4 is 4.90 Å². The second-order valence-electron chi connectivity index (χ2n) is 21.6. The van der Waals surface area contributed by atoms with E-state index in [9.17, 15) is 0 Å². The molecule has 366 valence electrons. The summed E-state index contributed by atoms with van der Waals surface area (Å²) >= 11 is 0. The molecule has 78 heavy (non-hydrogen) atoms. The van der Waals surface area contributed by atoms with Gasteiger partial charge in [0.25, 0.3) is 0 Å². The van der Waals surface area contributed by atoms with E-state index < -0.39 is 0 Å². The van der Waals surface area contributed by atoms with Crippen LogP contribution in [0.15, 0.2) is 271 Å². The molecular formula is C75H50N2O. The van der Waals surface area contributed by atoms with Gasteiger partial charge in [0, 0.05) is 55.3 Å². The zero-order valence-corrected chi connectivity index (χ0v) is 43.2. The lowest BCUT2D eigenvalue weighted by atomic mass is 9.81. The second-order valence-corrected chi connectivity index (χ2v) is 21.6. The number of rotatable bonds is 7. The predicted octanol–water partition coefficient (Wildman–Crippen LogP) is 20.9. The maximum absolute atomic E-state index is 6.45. The molecule has 0 amide bonds. The number of hydrogen-bond donors (Lipinski definition) is 0. The van der Waals surface area contributed by atoms with Crippen molar-refractivity contribution in [1.29, 1.82) is 0 Å². The molecule has 1 aliphatic rings. The molecule has 3 heteroatoms. The van der Waals surface area contributed by atoms with Gasteiger partial charge < -0.3 is 13.9 Å². The lowest BCUT2D eigenvalue weighted by Gasteiger charge is -2.26. The molecule has 0 aliphatic heterocycles. The molecule has 3 nitrogen and oxygen atoms in total. The molecule has 15 aromatic rings. The Morgan fingerprint density at radius 2 is 0.795 bits per heavy atom. The van der Waals surface area contributed by atoms with Crippen LogP contribution in [0.5, 0.6) is 0 Å². The molecule has 0 fully saturated rings. The average molecular weight is 995 g/mol. The first-order valence-corrected chi connectivity index (χ1v) is 27.1. The Bertz CT molecular complexity index is 4890. The van der Waals surface area contributed by atoms with E-state index in [2.05, 4.69) is 278 Å². The fraction of sp³-hybridized carbons (Fsp3) is 0.0400. The van der Waals surface area contributed by atoms with E-state index in [1.807, 2.05) is 12.1 Å². The molecule has 0 N–H and O–H groups in total. The van der Waals surface area contributed by atoms with Crippen LogP contribution in [-0.4, -0.2) is 4.57 Å². The summed E-state index contributed by atoms with van der Waals surface area (Å²) in [4.78, 5) is 2.34. The molecule has 0 saturated heterocycles. The quantitative estimate of drug-likeness (QED) is 0.148. The fourth-order valence-electron chi connectivity index (χ4n) is 13.2. The molecular weight excluding hydrogens is 945 g/mol. The van der Waals surface area contributed by atoms with Crippen molar-refractivity contribution >= 4 is 93.1 Å². The van der Waals surface area contributed by atoms with E-state index in [1.165, 1.54) is 93.1 Å². The van der Waals surface area contributed by atoms with Crippen LogP contribution in [0.3, 0.4) is 0 Å². The minimum atomic E-state index is -0.0899. The van der Waals surface area contributed by atoms with Gasteiger partial charge in [-0.15, -0.1) is 0 Å². The van der Waals surface area contributed by atoms with Crippen molar-refractivity contribution in [2.45, 2.75) is 19.3 Å². The van der Waals surface area contributed by atoms with Crippen molar-refractivity contribution in [3.8, 4) is 50.2 Å². The van der Waals surface area contributed by atoms with Crippen LogP contribution >= 0.6 is 0 Å². The third kappa shape index (κ3) is 6.71. The van der Waals surface area contributed by atoms with Gasteiger partial charge in [0.2, 0.25) is 0 Å². The minimum absolute atomic E-state index is 0.0899. The summed E-state index contributed by atoms with van der Waals surface area (Å²) in [6.45, 7) is 4.73. The Morgan fingerprint density at radius 1 is 0.308 bits per heavy atom. The molecule has 0 atom stereocenters. The number of aromatic nitrogens is 1. The van der Waals surface area contributed by atoms with Gasteiger partial charge in [0.05, 0.1) is 11.0 Å². The third-order valence-corrected chi connectivity index (χ3v) is 17.0. The van der Waals surface area contributed by atoms with Crippen molar-refractivity contribution in [2.24, 2.45) is 0 Å². The highest BCUT2D eigenvalue weighted by atomic mass is 16.3. The molecule has 0 spiro atoms. The molecule has 0 unspecified atom stereocenters. The molecule has 16 rings (SSSR count). The number of nitrogens with zero attached hydrogens (tertiary/aromatic N) is 2. The van der Waals surface area contributed by atoms with Gasteiger partial charge in [-0.05, 0) is 167 Å². The van der Waals surface area contributed by atoms with Crippen molar-refractivity contribution < 1.29 is 4.42 Å². The van der Waals surface area contributed by atoms with E-state index in [1.54, 1.807) is 0 Å². The first-order valence-electron chi connectivity index (χ1n) is 27.1. The van der Waals surface area contributed by atoms with Crippen molar-refractivity contribution in [3.63, 3.8) is 0 Å². The fourth-order valence-corrected chi connectivity index (χ4v) is 13.2. The van der Waals surface area contributed by atoms with Crippen LogP contribution in [0, 0.1) is 0 Å². The maximum atomic E-state index is 6.45. The molecule has 13 aromatic carbocycles. The van der Waals surface area contributed by atoms with E-state index >= 15 is 0 Å². The van der Waals surface area contributed by atoms with Gasteiger partial charge in [-0.1, -0.05) is 196 Å². The average Bonchev–Trinajstić information content (AvgIpc) is 4.30. The summed E-state index contributed by atoms with van der Waals surface area (Å²) in [6.07, 6.45) is 0. The monoisotopic (exact) mass is 994 g/mol. The van der Waals surface area contributed by atoms with E-state index in [-0.39, 0.29) is 5.41 Å². The van der Waals surface area contributed by atoms with Gasteiger partial charge >= 0.3 is 0 Å². The van der Waals surface area contributed by atoms with E-state index in [0.29, 0.717) is 0 Å². The number of hydrogen-bond acceptors (Lipinski definition) is 2. The van der Waals surface area contributed by atoms with E-state index in [0.717, 1.165) is 61.4 Å². The summed E-state index contributed by atoms with van der Waals surface area (Å²) < 4.78 is 8.93. The third-order valence-electron chi connectivity index (χ3n) is 17.0. The Balaban J connectivity index is 0.819. The molecule has 0 saturated carbocycles. The molecule has 0 bridgehead atoms. The van der Waals surface area contributed by atoms with Crippen LogP contribution in [-0.2, 0) is 5.41 Å². The summed E-state index contributed by atoms with van der Waals surface area (Å²) in [6, 6.07) is 98.2. The SMILES string of the molecule is CC1(C)c2ccccc2-c2ccc(-c3ccc4c(c3)c3cc(-c5ccc(N(c6ccccc6)c6ccc(-c7cccc8c7oc7ccccc78)cc6)cc5)ccc3n4-c3ccc4c5ccccc5c5ccccc5c4c3)cc21. The lowest BCUT2D eigenvalue weighted by Crippen LogP contribution is -2.14. The first kappa shape index (κ1) is 44.3. The zero-order valence-electron chi connectivity index (χ0n) is 43.2. The Labute approximate surface area is 452 Å². The van der Waals surface area contributed by atoms with Gasteiger partial charge in [-0.2, -0.15) is 0 Å². The van der Waals surface area contributed by atoms with Crippen LogP contribution in [0.1, 0.15) is 25.0 Å². The van der Waals surface area contributed by atoms with Gasteiger partial charge in [0.1, 0.15) is 11.2 Å². The summed E-state index contributed by atoms with van der Waals surface area (Å²) in [5.41, 5.74) is 20.9. The highest BCUT2D eigenvalue weighted by Crippen LogP contribution is 2.50. The van der Waals surface area contributed by atoms with Crippen molar-refractivity contribution in [2.75, 3.05) is 4.90 Å². The van der Waals surface area contributed by atoms with Crippen molar-refractivity contribution in [1.82, 2.24) is 4.57 Å². The Kier molecular flexibility index (Phi) is 9.68. The first-order chi connectivity index (χ1) is 38.4. The number of para-hydroxylation sites is 3. The Morgan fingerprint density at radius 3 is 1.49 bits per heavy atom. The van der Waals surface area contributed by atoms with Crippen molar-refractivity contribution in [3.05, 3.63) is 278 Å². The van der Waals surface area contributed by atoms with Gasteiger partial charge in [0.15, 0.2) is 0 Å². The molecule has 2 heterocycles. The largest absolute Gasteiger partial charge is 0.455 e. The maximum Gasteiger partial charge on any atom is 0.143 e. The summed E-state index contributed by atoms with van der Waals surface area (Å²) in [5, 5.41) is 12.3. The normalized spacial score (nSPS) is 12.8.